The third kappa shape index (κ3) is 2.13. The summed E-state index contributed by atoms with van der Waals surface area (Å²) in [5, 5.41) is 9.64. The van der Waals surface area contributed by atoms with Crippen molar-refractivity contribution in [3.05, 3.63) is 70.1 Å². The third-order valence-corrected chi connectivity index (χ3v) is 4.89. The minimum absolute atomic E-state index is 0.207. The number of methoxy groups -OCH3 is 1. The highest BCUT2D eigenvalue weighted by atomic mass is 16.5. The van der Waals surface area contributed by atoms with Gasteiger partial charge in [-0.15, -0.1) is 0 Å². The van der Waals surface area contributed by atoms with E-state index in [-0.39, 0.29) is 11.8 Å². The number of benzene rings is 2. The van der Waals surface area contributed by atoms with Crippen molar-refractivity contribution in [1.29, 1.82) is 5.26 Å². The molecule has 2 aliphatic rings. The molecule has 1 aliphatic heterocycles. The molecule has 24 heavy (non-hydrogen) atoms. The van der Waals surface area contributed by atoms with Crippen molar-refractivity contribution >= 4 is 0 Å². The van der Waals surface area contributed by atoms with Crippen molar-refractivity contribution in [2.45, 2.75) is 25.2 Å². The van der Waals surface area contributed by atoms with Crippen LogP contribution in [0, 0.1) is 11.3 Å². The van der Waals surface area contributed by atoms with E-state index in [0.717, 1.165) is 41.9 Å². The molecule has 0 saturated heterocycles. The van der Waals surface area contributed by atoms with Crippen LogP contribution < -0.4 is 15.2 Å². The summed E-state index contributed by atoms with van der Waals surface area (Å²) in [6.45, 7) is 0. The lowest BCUT2D eigenvalue weighted by atomic mass is 9.82. The highest BCUT2D eigenvalue weighted by Crippen LogP contribution is 2.46. The molecule has 120 valence electrons. The molecule has 2 aromatic carbocycles. The molecule has 0 amide bonds. The van der Waals surface area contributed by atoms with Gasteiger partial charge in [-0.05, 0) is 48.1 Å². The second-order valence-electron chi connectivity index (χ2n) is 6.18. The number of hydrogen-bond donors (Lipinski definition) is 1. The van der Waals surface area contributed by atoms with E-state index in [1.54, 1.807) is 7.11 Å². The lowest BCUT2D eigenvalue weighted by molar-refractivity contribution is 0.389. The average molecular weight is 318 g/mol. The predicted molar refractivity (Wildman–Crippen MR) is 90.8 cm³/mol. The minimum atomic E-state index is -0.222. The Morgan fingerprint density at radius 2 is 2.12 bits per heavy atom. The zero-order valence-electron chi connectivity index (χ0n) is 13.5. The monoisotopic (exact) mass is 318 g/mol. The zero-order chi connectivity index (χ0) is 16.7. The van der Waals surface area contributed by atoms with Crippen LogP contribution in [-0.4, -0.2) is 7.11 Å². The summed E-state index contributed by atoms with van der Waals surface area (Å²) >= 11 is 0. The van der Waals surface area contributed by atoms with Crippen LogP contribution in [0.3, 0.4) is 0 Å². The van der Waals surface area contributed by atoms with E-state index in [2.05, 4.69) is 18.2 Å². The average Bonchev–Trinajstić information content (AvgIpc) is 3.09. The standard InChI is InChI=1S/C20H18N2O2/c1-23-14-6-2-5-13(10-14)18-16-9-8-12-4-3-7-15(12)19(16)24-20(22)17(18)11-21/h2,5-6,8-10,18H,3-4,7,22H2,1H3. The highest BCUT2D eigenvalue weighted by Gasteiger charge is 2.33. The molecule has 1 unspecified atom stereocenters. The quantitative estimate of drug-likeness (QED) is 0.921. The largest absolute Gasteiger partial charge is 0.497 e. The SMILES string of the molecule is COc1cccc(C2C(C#N)=C(N)Oc3c2ccc2c3CCC2)c1. The molecular formula is C20H18N2O2. The van der Waals surface area contributed by atoms with E-state index in [1.807, 2.05) is 24.3 Å². The Labute approximate surface area is 141 Å². The molecule has 0 fully saturated rings. The topological polar surface area (TPSA) is 68.3 Å². The lowest BCUT2D eigenvalue weighted by Crippen LogP contribution is -2.22. The van der Waals surface area contributed by atoms with Crippen LogP contribution in [0.2, 0.25) is 0 Å². The summed E-state index contributed by atoms with van der Waals surface area (Å²) in [6, 6.07) is 14.3. The number of fused-ring (bicyclic) bond motifs is 3. The van der Waals surface area contributed by atoms with E-state index in [0.29, 0.717) is 5.57 Å². The Kier molecular flexibility index (Phi) is 3.42. The van der Waals surface area contributed by atoms with Gasteiger partial charge >= 0.3 is 0 Å². The molecule has 0 bridgehead atoms. The summed E-state index contributed by atoms with van der Waals surface area (Å²) in [6.07, 6.45) is 3.21. The number of nitrogens with two attached hydrogens (primary N) is 1. The number of aryl methyl sites for hydroxylation is 1. The Hall–Kier alpha value is -2.93. The van der Waals surface area contributed by atoms with E-state index < -0.39 is 0 Å². The molecule has 0 saturated carbocycles. The molecule has 1 atom stereocenters. The van der Waals surface area contributed by atoms with Crippen molar-refractivity contribution in [3.63, 3.8) is 0 Å². The van der Waals surface area contributed by atoms with Gasteiger partial charge in [0.2, 0.25) is 5.88 Å². The third-order valence-electron chi connectivity index (χ3n) is 4.89. The molecule has 4 heteroatoms. The van der Waals surface area contributed by atoms with Gasteiger partial charge in [-0.25, -0.2) is 0 Å². The number of nitrogens with zero attached hydrogens (tertiary/aromatic N) is 1. The lowest BCUT2D eigenvalue weighted by Gasteiger charge is -2.28. The fraction of sp³-hybridized carbons (Fsp3) is 0.250. The van der Waals surface area contributed by atoms with Crippen molar-refractivity contribution in [1.82, 2.24) is 0 Å². The van der Waals surface area contributed by atoms with Crippen LogP contribution in [0.5, 0.6) is 11.5 Å². The second kappa shape index (κ2) is 5.61. The van der Waals surface area contributed by atoms with Gasteiger partial charge in [-0.2, -0.15) is 5.26 Å². The normalized spacial score (nSPS) is 18.4. The van der Waals surface area contributed by atoms with Crippen molar-refractivity contribution < 1.29 is 9.47 Å². The van der Waals surface area contributed by atoms with Gasteiger partial charge in [0.1, 0.15) is 23.1 Å². The molecule has 0 radical (unpaired) electrons. The number of rotatable bonds is 2. The number of allylic oxidation sites excluding steroid dienone is 1. The number of ether oxygens (including phenoxy) is 2. The summed E-state index contributed by atoms with van der Waals surface area (Å²) in [7, 11) is 1.64. The maximum absolute atomic E-state index is 9.64. The van der Waals surface area contributed by atoms with E-state index in [1.165, 1.54) is 11.1 Å². The molecular weight excluding hydrogens is 300 g/mol. The van der Waals surface area contributed by atoms with Crippen LogP contribution in [0.15, 0.2) is 47.9 Å². The van der Waals surface area contributed by atoms with Crippen LogP contribution in [0.25, 0.3) is 0 Å². The number of nitriles is 1. The fourth-order valence-corrected chi connectivity index (χ4v) is 3.75. The maximum atomic E-state index is 9.64. The zero-order valence-corrected chi connectivity index (χ0v) is 13.5. The second-order valence-corrected chi connectivity index (χ2v) is 6.18. The molecule has 1 heterocycles. The number of hydrogen-bond acceptors (Lipinski definition) is 4. The smallest absolute Gasteiger partial charge is 0.205 e. The van der Waals surface area contributed by atoms with Gasteiger partial charge in [0.15, 0.2) is 0 Å². The Morgan fingerprint density at radius 3 is 2.92 bits per heavy atom. The van der Waals surface area contributed by atoms with E-state index in [9.17, 15) is 5.26 Å². The van der Waals surface area contributed by atoms with Gasteiger partial charge in [0, 0.05) is 5.56 Å². The maximum Gasteiger partial charge on any atom is 0.205 e. The molecule has 2 aromatic rings. The molecule has 4 nitrogen and oxygen atoms in total. The van der Waals surface area contributed by atoms with Crippen molar-refractivity contribution in [3.8, 4) is 17.6 Å². The Morgan fingerprint density at radius 1 is 1.25 bits per heavy atom. The van der Waals surface area contributed by atoms with Crippen LogP contribution in [0.1, 0.15) is 34.6 Å². The summed E-state index contributed by atoms with van der Waals surface area (Å²) in [4.78, 5) is 0. The fourth-order valence-electron chi connectivity index (χ4n) is 3.75. The predicted octanol–water partition coefficient (Wildman–Crippen LogP) is 3.40. The first-order valence-corrected chi connectivity index (χ1v) is 8.09. The van der Waals surface area contributed by atoms with Gasteiger partial charge in [0.05, 0.1) is 13.0 Å². The molecule has 2 N–H and O–H groups in total. The molecule has 4 rings (SSSR count). The summed E-state index contributed by atoms with van der Waals surface area (Å²) in [5.74, 6) is 1.59. The van der Waals surface area contributed by atoms with Crippen LogP contribution >= 0.6 is 0 Å². The minimum Gasteiger partial charge on any atom is -0.497 e. The van der Waals surface area contributed by atoms with Gasteiger partial charge < -0.3 is 15.2 Å². The van der Waals surface area contributed by atoms with E-state index >= 15 is 0 Å². The van der Waals surface area contributed by atoms with Crippen molar-refractivity contribution in [2.24, 2.45) is 5.73 Å². The Bertz CT molecular complexity index is 893. The molecule has 1 aliphatic carbocycles. The van der Waals surface area contributed by atoms with Gasteiger partial charge in [0.25, 0.3) is 0 Å². The first-order chi connectivity index (χ1) is 11.7. The molecule has 0 spiro atoms. The van der Waals surface area contributed by atoms with Gasteiger partial charge in [-0.1, -0.05) is 24.3 Å². The van der Waals surface area contributed by atoms with Crippen molar-refractivity contribution in [2.75, 3.05) is 7.11 Å². The highest BCUT2D eigenvalue weighted by molar-refractivity contribution is 5.60. The Balaban J connectivity index is 1.93. The van der Waals surface area contributed by atoms with E-state index in [4.69, 9.17) is 15.2 Å². The summed E-state index contributed by atoms with van der Waals surface area (Å²) in [5.41, 5.74) is 11.1. The van der Waals surface area contributed by atoms with Crippen LogP contribution in [0.4, 0.5) is 0 Å². The molecule has 0 aromatic heterocycles. The first-order valence-electron chi connectivity index (χ1n) is 8.09. The first kappa shape index (κ1) is 14.6. The van der Waals surface area contributed by atoms with Gasteiger partial charge in [-0.3, -0.25) is 0 Å². The van der Waals surface area contributed by atoms with Crippen LogP contribution in [-0.2, 0) is 12.8 Å². The summed E-state index contributed by atoms with van der Waals surface area (Å²) < 4.78 is 11.2.